The zero-order valence-electron chi connectivity index (χ0n) is 14.9. The van der Waals surface area contributed by atoms with E-state index in [2.05, 4.69) is 10.6 Å². The van der Waals surface area contributed by atoms with Crippen LogP contribution in [0.1, 0.15) is 30.5 Å². The number of hydrogen-bond donors (Lipinski definition) is 2. The van der Waals surface area contributed by atoms with Crippen molar-refractivity contribution in [2.24, 2.45) is 5.41 Å². The van der Waals surface area contributed by atoms with Crippen LogP contribution in [0.4, 0.5) is 11.4 Å². The smallest absolute Gasteiger partial charge is 0.239 e. The summed E-state index contributed by atoms with van der Waals surface area (Å²) in [5.41, 5.74) is 3.30. The summed E-state index contributed by atoms with van der Waals surface area (Å²) in [5, 5.41) is 5.70. The number of aryl methyl sites for hydroxylation is 3. The minimum atomic E-state index is -1.19. The zero-order valence-corrected chi connectivity index (χ0v) is 14.9. The van der Waals surface area contributed by atoms with E-state index in [-0.39, 0.29) is 11.8 Å². The Morgan fingerprint density at radius 2 is 1.29 bits per heavy atom. The highest BCUT2D eigenvalue weighted by molar-refractivity contribution is 6.14. The number of carbonyl (C=O) groups excluding carboxylic acids is 2. The van der Waals surface area contributed by atoms with Gasteiger partial charge in [-0.3, -0.25) is 9.59 Å². The second-order valence-electron chi connectivity index (χ2n) is 6.67. The lowest BCUT2D eigenvalue weighted by atomic mass is 9.90. The Hall–Kier alpha value is -2.62. The van der Waals surface area contributed by atoms with E-state index in [0.29, 0.717) is 5.69 Å². The molecule has 0 atom stereocenters. The van der Waals surface area contributed by atoms with Crippen LogP contribution in [-0.2, 0) is 9.59 Å². The van der Waals surface area contributed by atoms with Crippen LogP contribution < -0.4 is 10.6 Å². The molecule has 4 heteroatoms. The van der Waals surface area contributed by atoms with Gasteiger partial charge in [-0.1, -0.05) is 35.9 Å². The van der Waals surface area contributed by atoms with E-state index in [9.17, 15) is 9.59 Å². The van der Waals surface area contributed by atoms with Gasteiger partial charge in [-0.2, -0.15) is 0 Å². The molecule has 0 radical (unpaired) electrons. The molecule has 0 unspecified atom stereocenters. The first-order chi connectivity index (χ1) is 11.2. The van der Waals surface area contributed by atoms with E-state index in [0.717, 1.165) is 22.4 Å². The molecule has 0 bridgehead atoms. The first kappa shape index (κ1) is 17.7. The third kappa shape index (κ3) is 3.82. The Balaban J connectivity index is 2.14. The molecule has 2 amide bonds. The van der Waals surface area contributed by atoms with Gasteiger partial charge in [0.05, 0.1) is 0 Å². The maximum absolute atomic E-state index is 12.7. The number of hydrogen-bond acceptors (Lipinski definition) is 2. The van der Waals surface area contributed by atoms with E-state index < -0.39 is 5.41 Å². The maximum Gasteiger partial charge on any atom is 0.239 e. The Labute approximate surface area is 143 Å². The molecular formula is C20H24N2O2. The van der Waals surface area contributed by atoms with Crippen LogP contribution in [0.3, 0.4) is 0 Å². The molecule has 0 saturated carbocycles. The number of para-hydroxylation sites is 1. The average Bonchev–Trinajstić information content (AvgIpc) is 2.53. The quantitative estimate of drug-likeness (QED) is 0.828. The van der Waals surface area contributed by atoms with Crippen molar-refractivity contribution in [2.75, 3.05) is 10.6 Å². The molecule has 126 valence electrons. The predicted molar refractivity (Wildman–Crippen MR) is 98.1 cm³/mol. The highest BCUT2D eigenvalue weighted by Crippen LogP contribution is 2.25. The van der Waals surface area contributed by atoms with Gasteiger partial charge in [0.25, 0.3) is 0 Å². The lowest BCUT2D eigenvalue weighted by Gasteiger charge is -2.24. The van der Waals surface area contributed by atoms with E-state index in [4.69, 9.17) is 0 Å². The molecule has 24 heavy (non-hydrogen) atoms. The van der Waals surface area contributed by atoms with Crippen molar-refractivity contribution in [1.29, 1.82) is 0 Å². The molecule has 4 nitrogen and oxygen atoms in total. The highest BCUT2D eigenvalue weighted by atomic mass is 16.2. The van der Waals surface area contributed by atoms with Crippen LogP contribution in [0.2, 0.25) is 0 Å². The monoisotopic (exact) mass is 324 g/mol. The topological polar surface area (TPSA) is 58.2 Å². The van der Waals surface area contributed by atoms with Crippen molar-refractivity contribution in [3.8, 4) is 0 Å². The molecule has 2 aromatic rings. The summed E-state index contributed by atoms with van der Waals surface area (Å²) in [6, 6.07) is 13.3. The normalized spacial score (nSPS) is 11.0. The van der Waals surface area contributed by atoms with Crippen LogP contribution >= 0.6 is 0 Å². The maximum atomic E-state index is 12.7. The SMILES string of the molecule is Cc1ccc(NC(=O)C(C)(C)C(=O)Nc2c(C)cccc2C)cc1. The lowest BCUT2D eigenvalue weighted by Crippen LogP contribution is -2.41. The first-order valence-corrected chi connectivity index (χ1v) is 7.97. The molecule has 0 spiro atoms. The second kappa shape index (κ2) is 6.87. The minimum absolute atomic E-state index is 0.329. The zero-order chi connectivity index (χ0) is 17.9. The van der Waals surface area contributed by atoms with E-state index in [1.165, 1.54) is 0 Å². The van der Waals surface area contributed by atoms with Crippen LogP contribution in [0.25, 0.3) is 0 Å². The molecule has 0 aromatic heterocycles. The van der Waals surface area contributed by atoms with Crippen molar-refractivity contribution >= 4 is 23.2 Å². The first-order valence-electron chi connectivity index (χ1n) is 7.97. The van der Waals surface area contributed by atoms with Gasteiger partial charge in [-0.05, 0) is 57.9 Å². The summed E-state index contributed by atoms with van der Waals surface area (Å²) < 4.78 is 0. The molecule has 2 aromatic carbocycles. The number of nitrogens with one attached hydrogen (secondary N) is 2. The van der Waals surface area contributed by atoms with Gasteiger partial charge >= 0.3 is 0 Å². The van der Waals surface area contributed by atoms with Gasteiger partial charge in [-0.15, -0.1) is 0 Å². The summed E-state index contributed by atoms with van der Waals surface area (Å²) in [7, 11) is 0. The van der Waals surface area contributed by atoms with Crippen molar-refractivity contribution in [1.82, 2.24) is 0 Å². The van der Waals surface area contributed by atoms with E-state index in [1.54, 1.807) is 13.8 Å². The predicted octanol–water partition coefficient (Wildman–Crippen LogP) is 4.22. The number of rotatable bonds is 4. The van der Waals surface area contributed by atoms with Crippen LogP contribution in [-0.4, -0.2) is 11.8 Å². The Morgan fingerprint density at radius 1 is 0.792 bits per heavy atom. The average molecular weight is 324 g/mol. The van der Waals surface area contributed by atoms with Crippen molar-refractivity contribution in [3.05, 3.63) is 59.2 Å². The fourth-order valence-corrected chi connectivity index (χ4v) is 2.31. The standard InChI is InChI=1S/C20H24N2O2/c1-13-9-11-16(12-10-13)21-18(23)20(4,5)19(24)22-17-14(2)7-6-8-15(17)3/h6-12H,1-5H3,(H,21,23)(H,22,24). The molecule has 0 saturated heterocycles. The van der Waals surface area contributed by atoms with Crippen molar-refractivity contribution in [3.63, 3.8) is 0 Å². The fraction of sp³-hybridized carbons (Fsp3) is 0.300. The molecule has 0 aliphatic carbocycles. The van der Waals surface area contributed by atoms with E-state index >= 15 is 0 Å². The van der Waals surface area contributed by atoms with Gasteiger partial charge in [-0.25, -0.2) is 0 Å². The van der Waals surface area contributed by atoms with Crippen molar-refractivity contribution in [2.45, 2.75) is 34.6 Å². The largest absolute Gasteiger partial charge is 0.325 e. The molecule has 0 aliphatic rings. The van der Waals surface area contributed by atoms with Gasteiger partial charge in [0, 0.05) is 11.4 Å². The minimum Gasteiger partial charge on any atom is -0.325 e. The number of anilines is 2. The molecule has 2 N–H and O–H groups in total. The Kier molecular flexibility index (Phi) is 5.07. The summed E-state index contributed by atoms with van der Waals surface area (Å²) in [6.45, 7) is 9.09. The molecular weight excluding hydrogens is 300 g/mol. The van der Waals surface area contributed by atoms with Gasteiger partial charge in [0.15, 0.2) is 0 Å². The number of carbonyl (C=O) groups is 2. The van der Waals surface area contributed by atoms with Gasteiger partial charge in [0.1, 0.15) is 5.41 Å². The summed E-state index contributed by atoms with van der Waals surface area (Å²) in [5.74, 6) is -0.667. The molecule has 0 fully saturated rings. The lowest BCUT2D eigenvalue weighted by molar-refractivity contribution is -0.135. The third-order valence-corrected chi connectivity index (χ3v) is 4.16. The third-order valence-electron chi connectivity index (χ3n) is 4.16. The summed E-state index contributed by atoms with van der Waals surface area (Å²) in [6.07, 6.45) is 0. The van der Waals surface area contributed by atoms with Crippen molar-refractivity contribution < 1.29 is 9.59 Å². The van der Waals surface area contributed by atoms with Crippen LogP contribution in [0.15, 0.2) is 42.5 Å². The van der Waals surface area contributed by atoms with Crippen LogP contribution in [0.5, 0.6) is 0 Å². The Bertz CT molecular complexity index is 741. The Morgan fingerprint density at radius 3 is 1.83 bits per heavy atom. The van der Waals surface area contributed by atoms with Gasteiger partial charge in [0.2, 0.25) is 11.8 Å². The number of benzene rings is 2. The van der Waals surface area contributed by atoms with Gasteiger partial charge < -0.3 is 10.6 Å². The second-order valence-corrected chi connectivity index (χ2v) is 6.67. The summed E-state index contributed by atoms with van der Waals surface area (Å²) >= 11 is 0. The van der Waals surface area contributed by atoms with Crippen LogP contribution in [0, 0.1) is 26.2 Å². The highest BCUT2D eigenvalue weighted by Gasteiger charge is 2.36. The summed E-state index contributed by atoms with van der Waals surface area (Å²) in [4.78, 5) is 25.2. The number of amides is 2. The van der Waals surface area contributed by atoms with E-state index in [1.807, 2.05) is 63.2 Å². The molecule has 2 rings (SSSR count). The molecule has 0 aliphatic heterocycles. The fourth-order valence-electron chi connectivity index (χ4n) is 2.31. The molecule has 0 heterocycles.